The molecule has 2 aliphatic rings. The van der Waals surface area contributed by atoms with Crippen LogP contribution in [0.1, 0.15) is 36.4 Å². The fraction of sp³-hybridized carbons (Fsp3) is 0.409. The van der Waals surface area contributed by atoms with E-state index in [-0.39, 0.29) is 36.1 Å². The van der Waals surface area contributed by atoms with Crippen molar-refractivity contribution in [1.29, 1.82) is 0 Å². The molecule has 0 aliphatic carbocycles. The van der Waals surface area contributed by atoms with E-state index in [9.17, 15) is 14.4 Å². The predicted molar refractivity (Wildman–Crippen MR) is 105 cm³/mol. The minimum absolute atomic E-state index is 0.0344. The quantitative estimate of drug-likeness (QED) is 0.884. The molecule has 1 fully saturated rings. The lowest BCUT2D eigenvalue weighted by molar-refractivity contribution is -0.141. The summed E-state index contributed by atoms with van der Waals surface area (Å²) >= 11 is 0. The molecule has 2 aliphatic heterocycles. The van der Waals surface area contributed by atoms with Crippen LogP contribution in [0.15, 0.2) is 41.2 Å². The molecule has 146 valence electrons. The van der Waals surface area contributed by atoms with E-state index in [0.29, 0.717) is 19.6 Å². The van der Waals surface area contributed by atoms with E-state index in [1.807, 2.05) is 47.9 Å². The molecule has 1 amide bonds. The Morgan fingerprint density at radius 1 is 1.04 bits per heavy atom. The number of aryl methyl sites for hydroxylation is 1. The number of aliphatic carboxylic acids is 1. The van der Waals surface area contributed by atoms with Crippen molar-refractivity contribution in [3.63, 3.8) is 0 Å². The largest absolute Gasteiger partial charge is 0.481 e. The molecule has 0 radical (unpaired) electrons. The Morgan fingerprint density at radius 2 is 1.82 bits per heavy atom. The normalized spacial score (nSPS) is 20.5. The van der Waals surface area contributed by atoms with Crippen molar-refractivity contribution in [2.24, 2.45) is 5.92 Å². The summed E-state index contributed by atoms with van der Waals surface area (Å²) in [6.07, 6.45) is 0.861. The molecule has 1 saturated heterocycles. The molecule has 6 heteroatoms. The summed E-state index contributed by atoms with van der Waals surface area (Å²) in [5, 5.41) is 8.81. The first-order valence-corrected chi connectivity index (χ1v) is 9.73. The molecular weight excluding hydrogens is 356 g/mol. The summed E-state index contributed by atoms with van der Waals surface area (Å²) in [6.45, 7) is 3.76. The second kappa shape index (κ2) is 7.26. The van der Waals surface area contributed by atoms with Crippen molar-refractivity contribution in [2.45, 2.75) is 38.6 Å². The Hall–Kier alpha value is -2.89. The maximum atomic E-state index is 13.2. The fourth-order valence-corrected chi connectivity index (χ4v) is 4.60. The summed E-state index contributed by atoms with van der Waals surface area (Å²) in [6, 6.07) is 11.8. The zero-order valence-electron chi connectivity index (χ0n) is 15.9. The number of hydrogen-bond acceptors (Lipinski definition) is 3. The number of likely N-dealkylation sites (tertiary alicyclic amines) is 1. The first-order valence-electron chi connectivity index (χ1n) is 9.73. The molecule has 0 spiro atoms. The molecule has 1 aromatic heterocycles. The molecule has 0 saturated carbocycles. The highest BCUT2D eigenvalue weighted by molar-refractivity contribution is 5.81. The predicted octanol–water partition coefficient (Wildman–Crippen LogP) is 2.63. The van der Waals surface area contributed by atoms with Gasteiger partial charge in [-0.2, -0.15) is 0 Å². The van der Waals surface area contributed by atoms with Crippen LogP contribution in [0.25, 0.3) is 11.1 Å². The van der Waals surface area contributed by atoms with E-state index in [0.717, 1.165) is 28.8 Å². The topological polar surface area (TPSA) is 79.6 Å². The number of hydrogen-bond donors (Lipinski definition) is 1. The van der Waals surface area contributed by atoms with E-state index in [1.165, 1.54) is 0 Å². The fourth-order valence-electron chi connectivity index (χ4n) is 4.60. The molecule has 6 nitrogen and oxygen atoms in total. The van der Waals surface area contributed by atoms with Crippen molar-refractivity contribution in [2.75, 3.05) is 13.1 Å². The van der Waals surface area contributed by atoms with Gasteiger partial charge in [0.1, 0.15) is 0 Å². The number of benzene rings is 1. The van der Waals surface area contributed by atoms with E-state index < -0.39 is 5.97 Å². The van der Waals surface area contributed by atoms with Crippen molar-refractivity contribution in [3.8, 4) is 11.1 Å². The third-order valence-corrected chi connectivity index (χ3v) is 5.94. The van der Waals surface area contributed by atoms with Crippen molar-refractivity contribution < 1.29 is 14.7 Å². The second-order valence-corrected chi connectivity index (χ2v) is 7.89. The van der Waals surface area contributed by atoms with E-state index in [2.05, 4.69) is 0 Å². The molecule has 3 heterocycles. The average molecular weight is 380 g/mol. The van der Waals surface area contributed by atoms with Gasteiger partial charge in [0.15, 0.2) is 0 Å². The lowest BCUT2D eigenvalue weighted by atomic mass is 9.82. The number of pyridine rings is 1. The summed E-state index contributed by atoms with van der Waals surface area (Å²) < 4.78 is 1.89. The van der Waals surface area contributed by atoms with Crippen LogP contribution in [0.5, 0.6) is 0 Å². The zero-order valence-corrected chi connectivity index (χ0v) is 15.9. The third-order valence-electron chi connectivity index (χ3n) is 5.94. The van der Waals surface area contributed by atoms with Crippen LogP contribution in [0, 0.1) is 12.8 Å². The Balaban J connectivity index is 1.62. The number of piperidine rings is 1. The second-order valence-electron chi connectivity index (χ2n) is 7.89. The molecule has 2 bridgehead atoms. The summed E-state index contributed by atoms with van der Waals surface area (Å²) in [5.74, 6) is -0.708. The van der Waals surface area contributed by atoms with Crippen LogP contribution in [-0.4, -0.2) is 39.5 Å². The van der Waals surface area contributed by atoms with Crippen LogP contribution in [0.4, 0.5) is 0 Å². The first kappa shape index (κ1) is 18.5. The molecule has 1 N–H and O–H groups in total. The van der Waals surface area contributed by atoms with Gasteiger partial charge in [-0.25, -0.2) is 0 Å². The van der Waals surface area contributed by atoms with Gasteiger partial charge < -0.3 is 14.6 Å². The number of aromatic nitrogens is 1. The average Bonchev–Trinajstić information content (AvgIpc) is 2.67. The Morgan fingerprint density at radius 3 is 2.57 bits per heavy atom. The number of carbonyl (C=O) groups excluding carboxylic acids is 1. The maximum Gasteiger partial charge on any atom is 0.303 e. The molecule has 28 heavy (non-hydrogen) atoms. The van der Waals surface area contributed by atoms with Gasteiger partial charge in [0, 0.05) is 43.2 Å². The minimum Gasteiger partial charge on any atom is -0.481 e. The van der Waals surface area contributed by atoms with Crippen LogP contribution in [0.2, 0.25) is 0 Å². The highest BCUT2D eigenvalue weighted by Crippen LogP contribution is 2.36. The number of carboxylic acid groups (broad SMARTS) is 1. The van der Waals surface area contributed by atoms with Crippen LogP contribution in [0.3, 0.4) is 0 Å². The number of amides is 1. The first-order chi connectivity index (χ1) is 13.4. The molecule has 2 aromatic rings. The number of fused-ring (bicyclic) bond motifs is 4. The van der Waals surface area contributed by atoms with Crippen LogP contribution < -0.4 is 5.56 Å². The monoisotopic (exact) mass is 380 g/mol. The van der Waals surface area contributed by atoms with Gasteiger partial charge >= 0.3 is 5.97 Å². The lowest BCUT2D eigenvalue weighted by Crippen LogP contribution is -2.49. The zero-order chi connectivity index (χ0) is 19.8. The van der Waals surface area contributed by atoms with Gasteiger partial charge in [-0.15, -0.1) is 0 Å². The molecule has 0 unspecified atom stereocenters. The van der Waals surface area contributed by atoms with E-state index in [1.54, 1.807) is 4.90 Å². The highest BCUT2D eigenvalue weighted by Gasteiger charge is 2.36. The summed E-state index contributed by atoms with van der Waals surface area (Å²) in [7, 11) is 0. The van der Waals surface area contributed by atoms with Gasteiger partial charge in [-0.05, 0) is 42.5 Å². The Labute approximate surface area is 163 Å². The van der Waals surface area contributed by atoms with Gasteiger partial charge in [0.05, 0.1) is 6.42 Å². The number of nitrogens with zero attached hydrogens (tertiary/aromatic N) is 2. The maximum absolute atomic E-state index is 13.2. The Bertz CT molecular complexity index is 994. The van der Waals surface area contributed by atoms with E-state index >= 15 is 0 Å². The van der Waals surface area contributed by atoms with Gasteiger partial charge in [-0.3, -0.25) is 14.4 Å². The van der Waals surface area contributed by atoms with Crippen LogP contribution >= 0.6 is 0 Å². The lowest BCUT2D eigenvalue weighted by Gasteiger charge is -2.43. The molecule has 1 aromatic carbocycles. The smallest absolute Gasteiger partial charge is 0.303 e. The van der Waals surface area contributed by atoms with E-state index in [4.69, 9.17) is 5.11 Å². The third kappa shape index (κ3) is 3.35. The van der Waals surface area contributed by atoms with Gasteiger partial charge in [0.25, 0.3) is 5.56 Å². The molecule has 2 atom stereocenters. The minimum atomic E-state index is -0.953. The van der Waals surface area contributed by atoms with Crippen molar-refractivity contribution >= 4 is 11.9 Å². The van der Waals surface area contributed by atoms with Crippen molar-refractivity contribution in [3.05, 3.63) is 58.0 Å². The number of rotatable bonds is 4. The van der Waals surface area contributed by atoms with Crippen molar-refractivity contribution in [1.82, 2.24) is 9.47 Å². The molecule has 4 rings (SSSR count). The van der Waals surface area contributed by atoms with Gasteiger partial charge in [0.2, 0.25) is 5.91 Å². The van der Waals surface area contributed by atoms with Crippen LogP contribution in [-0.2, 0) is 16.1 Å². The molecular formula is C22H24N2O4. The Kier molecular flexibility index (Phi) is 4.79. The number of carboxylic acids is 1. The number of carbonyl (C=O) groups is 2. The SMILES string of the molecule is Cc1ccccc1-c1ccc2n(c1=O)C[C@@H]1C[C@@H]2CN(C(=O)CCC(=O)O)C1. The summed E-state index contributed by atoms with van der Waals surface area (Å²) in [5.41, 5.74) is 3.77. The summed E-state index contributed by atoms with van der Waals surface area (Å²) in [4.78, 5) is 38.1. The highest BCUT2D eigenvalue weighted by atomic mass is 16.4. The van der Waals surface area contributed by atoms with Gasteiger partial charge in [-0.1, -0.05) is 24.3 Å². The standard InChI is InChI=1S/C22H24N2O4/c1-14-4-2-3-5-17(14)18-6-7-19-16-10-15(12-24(19)22(18)28)11-23(13-16)20(25)8-9-21(26)27/h2-7,15-16H,8-13H2,1H3,(H,26,27)/t15-,16-/m1/s1.